The highest BCUT2D eigenvalue weighted by molar-refractivity contribution is 5.83. The minimum atomic E-state index is -0.501. The number of rotatable bonds is 7. The second-order valence-electron chi connectivity index (χ2n) is 9.53. The van der Waals surface area contributed by atoms with Crippen LogP contribution in [0.25, 0.3) is 0 Å². The van der Waals surface area contributed by atoms with E-state index in [9.17, 15) is 9.59 Å². The molecule has 5 heteroatoms. The summed E-state index contributed by atoms with van der Waals surface area (Å²) in [4.78, 5) is 27.8. The molecule has 0 saturated heterocycles. The maximum Gasteiger partial charge on any atom is 0.261 e. The van der Waals surface area contributed by atoms with Gasteiger partial charge in [-0.1, -0.05) is 42.8 Å². The predicted octanol–water partition coefficient (Wildman–Crippen LogP) is 4.32. The van der Waals surface area contributed by atoms with Gasteiger partial charge in [-0.05, 0) is 74.3 Å². The Kier molecular flexibility index (Phi) is 5.66. The topological polar surface area (TPSA) is 58.6 Å². The van der Waals surface area contributed by atoms with Gasteiger partial charge in [0.2, 0.25) is 5.91 Å². The fourth-order valence-electron chi connectivity index (χ4n) is 4.59. The van der Waals surface area contributed by atoms with Crippen molar-refractivity contribution in [3.8, 4) is 5.75 Å². The summed E-state index contributed by atoms with van der Waals surface area (Å²) >= 11 is 0. The molecule has 2 aliphatic carbocycles. The Bertz CT molecular complexity index is 1010. The van der Waals surface area contributed by atoms with Gasteiger partial charge in [-0.25, -0.2) is 0 Å². The van der Waals surface area contributed by atoms with Crippen LogP contribution in [0.1, 0.15) is 67.3 Å². The lowest BCUT2D eigenvalue weighted by atomic mass is 9.87. The fraction of sp³-hybridized carbons (Fsp3) is 0.481. The van der Waals surface area contributed by atoms with Gasteiger partial charge >= 0.3 is 0 Å². The Balaban J connectivity index is 1.46. The highest BCUT2D eigenvalue weighted by Crippen LogP contribution is 2.41. The van der Waals surface area contributed by atoms with Crippen molar-refractivity contribution in [1.29, 1.82) is 0 Å². The first-order chi connectivity index (χ1) is 15.5. The largest absolute Gasteiger partial charge is 0.481 e. The molecule has 3 aliphatic rings. The van der Waals surface area contributed by atoms with E-state index in [1.165, 1.54) is 11.1 Å². The molecule has 0 unspecified atom stereocenters. The summed E-state index contributed by atoms with van der Waals surface area (Å²) in [7, 11) is 0. The average molecular weight is 433 g/mol. The van der Waals surface area contributed by atoms with E-state index < -0.39 is 6.10 Å². The monoisotopic (exact) mass is 432 g/mol. The number of hydrogen-bond donors (Lipinski definition) is 1. The van der Waals surface area contributed by atoms with Crippen molar-refractivity contribution in [3.63, 3.8) is 0 Å². The van der Waals surface area contributed by atoms with Crippen molar-refractivity contribution in [2.24, 2.45) is 5.92 Å². The smallest absolute Gasteiger partial charge is 0.261 e. The highest BCUT2D eigenvalue weighted by Gasteiger charge is 2.39. The molecule has 5 nitrogen and oxygen atoms in total. The van der Waals surface area contributed by atoms with Crippen LogP contribution in [0.5, 0.6) is 5.75 Å². The zero-order valence-corrected chi connectivity index (χ0v) is 19.0. The summed E-state index contributed by atoms with van der Waals surface area (Å²) in [6, 6.07) is 14.8. The zero-order chi connectivity index (χ0) is 22.2. The lowest BCUT2D eigenvalue weighted by Gasteiger charge is -2.38. The van der Waals surface area contributed by atoms with Crippen LogP contribution in [0.3, 0.4) is 0 Å². The minimum Gasteiger partial charge on any atom is -0.481 e. The van der Waals surface area contributed by atoms with Crippen molar-refractivity contribution in [1.82, 2.24) is 10.2 Å². The molecule has 168 valence electrons. The molecule has 0 bridgehead atoms. The summed E-state index contributed by atoms with van der Waals surface area (Å²) in [6.45, 7) is 4.79. The van der Waals surface area contributed by atoms with Crippen LogP contribution in [0, 0.1) is 12.8 Å². The molecule has 1 N–H and O–H groups in total. The summed E-state index contributed by atoms with van der Waals surface area (Å²) in [6.07, 6.45) is 5.08. The Labute approximate surface area is 190 Å². The SMILES string of the molecule is CC[C@H](Oc1ccc2c(c1)[C@H](c1ccc(C)cc1)N(C(=O)C1CC1)CC2)C(=O)NC1CC1. The van der Waals surface area contributed by atoms with E-state index in [1.807, 2.05) is 13.0 Å². The number of benzene rings is 2. The van der Waals surface area contributed by atoms with E-state index in [-0.39, 0.29) is 23.8 Å². The third-order valence-electron chi connectivity index (χ3n) is 6.81. The maximum absolute atomic E-state index is 13.2. The Morgan fingerprint density at radius 2 is 1.84 bits per heavy atom. The van der Waals surface area contributed by atoms with E-state index in [0.717, 1.165) is 49.8 Å². The van der Waals surface area contributed by atoms with Gasteiger partial charge in [0.15, 0.2) is 6.10 Å². The number of carbonyl (C=O) groups is 2. The minimum absolute atomic E-state index is 0.0339. The van der Waals surface area contributed by atoms with Crippen LogP contribution in [0.2, 0.25) is 0 Å². The molecular weight excluding hydrogens is 400 g/mol. The second-order valence-corrected chi connectivity index (χ2v) is 9.53. The van der Waals surface area contributed by atoms with E-state index in [2.05, 4.69) is 53.5 Å². The van der Waals surface area contributed by atoms with Crippen LogP contribution in [0.15, 0.2) is 42.5 Å². The van der Waals surface area contributed by atoms with Crippen LogP contribution in [0.4, 0.5) is 0 Å². The molecular formula is C27H32N2O3. The molecule has 2 atom stereocenters. The lowest BCUT2D eigenvalue weighted by Crippen LogP contribution is -2.41. The predicted molar refractivity (Wildman–Crippen MR) is 123 cm³/mol. The van der Waals surface area contributed by atoms with Crippen molar-refractivity contribution >= 4 is 11.8 Å². The number of ether oxygens (including phenoxy) is 1. The molecule has 2 fully saturated rings. The van der Waals surface area contributed by atoms with Gasteiger partial charge in [0.25, 0.3) is 5.91 Å². The van der Waals surface area contributed by atoms with Gasteiger partial charge in [0, 0.05) is 18.5 Å². The number of aryl methyl sites for hydroxylation is 1. The standard InChI is InChI=1S/C27H32N2O3/c1-3-24(26(30)28-21-11-12-21)32-22-13-10-18-14-15-29(27(31)20-8-9-20)25(23(18)16-22)19-6-4-17(2)5-7-19/h4-7,10,13,16,20-21,24-25H,3,8-9,11-12,14-15H2,1-2H3,(H,28,30)/t24-,25-/m0/s1. The average Bonchev–Trinajstić information content (AvgIpc) is 3.71. The molecule has 1 heterocycles. The van der Waals surface area contributed by atoms with Crippen molar-refractivity contribution in [2.75, 3.05) is 6.54 Å². The summed E-state index contributed by atoms with van der Waals surface area (Å²) in [5.41, 5.74) is 4.69. The van der Waals surface area contributed by atoms with E-state index in [1.54, 1.807) is 0 Å². The van der Waals surface area contributed by atoms with Crippen molar-refractivity contribution in [3.05, 3.63) is 64.7 Å². The lowest BCUT2D eigenvalue weighted by molar-refractivity contribution is -0.134. The van der Waals surface area contributed by atoms with Gasteiger partial charge in [0.05, 0.1) is 6.04 Å². The van der Waals surface area contributed by atoms with Gasteiger partial charge in [-0.3, -0.25) is 9.59 Å². The van der Waals surface area contributed by atoms with E-state index in [4.69, 9.17) is 4.74 Å². The third-order valence-corrected chi connectivity index (χ3v) is 6.81. The third kappa shape index (κ3) is 4.38. The molecule has 2 aromatic carbocycles. The molecule has 2 amide bonds. The molecule has 2 aromatic rings. The summed E-state index contributed by atoms with van der Waals surface area (Å²) < 4.78 is 6.16. The first-order valence-corrected chi connectivity index (χ1v) is 12.0. The van der Waals surface area contributed by atoms with Gasteiger partial charge < -0.3 is 15.0 Å². The van der Waals surface area contributed by atoms with Crippen LogP contribution >= 0.6 is 0 Å². The van der Waals surface area contributed by atoms with Crippen LogP contribution in [-0.4, -0.2) is 35.4 Å². The fourth-order valence-corrected chi connectivity index (χ4v) is 4.59. The van der Waals surface area contributed by atoms with Crippen LogP contribution < -0.4 is 10.1 Å². The number of nitrogens with zero attached hydrogens (tertiary/aromatic N) is 1. The number of fused-ring (bicyclic) bond motifs is 1. The van der Waals surface area contributed by atoms with Crippen molar-refractivity contribution in [2.45, 2.75) is 70.6 Å². The quantitative estimate of drug-likeness (QED) is 0.709. The molecule has 0 aromatic heterocycles. The van der Waals surface area contributed by atoms with E-state index in [0.29, 0.717) is 18.2 Å². The molecule has 5 rings (SSSR count). The Morgan fingerprint density at radius 3 is 2.50 bits per heavy atom. The first-order valence-electron chi connectivity index (χ1n) is 12.0. The Morgan fingerprint density at radius 1 is 1.09 bits per heavy atom. The zero-order valence-electron chi connectivity index (χ0n) is 19.0. The molecule has 32 heavy (non-hydrogen) atoms. The second kappa shape index (κ2) is 8.61. The number of hydrogen-bond acceptors (Lipinski definition) is 3. The number of nitrogens with one attached hydrogen (secondary N) is 1. The van der Waals surface area contributed by atoms with Gasteiger partial charge in [-0.15, -0.1) is 0 Å². The highest BCUT2D eigenvalue weighted by atomic mass is 16.5. The van der Waals surface area contributed by atoms with Gasteiger partial charge in [-0.2, -0.15) is 0 Å². The number of amides is 2. The molecule has 0 radical (unpaired) electrons. The normalized spacial score (nSPS) is 20.9. The first kappa shape index (κ1) is 21.0. The van der Waals surface area contributed by atoms with Crippen LogP contribution in [-0.2, 0) is 16.0 Å². The number of carbonyl (C=O) groups excluding carboxylic acids is 2. The Hall–Kier alpha value is -2.82. The van der Waals surface area contributed by atoms with Crippen molar-refractivity contribution < 1.29 is 14.3 Å². The summed E-state index contributed by atoms with van der Waals surface area (Å²) in [5.74, 6) is 1.11. The van der Waals surface area contributed by atoms with Gasteiger partial charge in [0.1, 0.15) is 5.75 Å². The molecule has 1 aliphatic heterocycles. The molecule has 2 saturated carbocycles. The summed E-state index contributed by atoms with van der Waals surface area (Å²) in [5, 5.41) is 3.05. The molecule has 0 spiro atoms. The maximum atomic E-state index is 13.2. The van der Waals surface area contributed by atoms with E-state index >= 15 is 0 Å².